The van der Waals surface area contributed by atoms with Crippen LogP contribution in [0.4, 0.5) is 0 Å². The Hall–Kier alpha value is -0.160. The molecule has 0 fully saturated rings. The van der Waals surface area contributed by atoms with Crippen molar-refractivity contribution in [2.45, 2.75) is 13.2 Å². The molecule has 5 heteroatoms. The fourth-order valence-electron chi connectivity index (χ4n) is 0.551. The summed E-state index contributed by atoms with van der Waals surface area (Å²) in [5.41, 5.74) is 2.19. The summed E-state index contributed by atoms with van der Waals surface area (Å²) in [6, 6.07) is 0. The number of hydrogen-bond acceptors (Lipinski definition) is 4. The summed E-state index contributed by atoms with van der Waals surface area (Å²) < 4.78 is 0. The van der Waals surface area contributed by atoms with Gasteiger partial charge in [0.1, 0.15) is 0 Å². The highest BCUT2D eigenvalue weighted by Crippen LogP contribution is 2.11. The second kappa shape index (κ2) is 4.62. The number of aliphatic hydroxyl groups is 2. The predicted molar refractivity (Wildman–Crippen MR) is 41.2 cm³/mol. The number of rotatable bonds is 2. The molecule has 0 unspecified atom stereocenters. The Bertz CT molecular complexity index is 173. The van der Waals surface area contributed by atoms with Crippen molar-refractivity contribution in [1.29, 1.82) is 0 Å². The van der Waals surface area contributed by atoms with Crippen molar-refractivity contribution in [2.75, 3.05) is 0 Å². The lowest BCUT2D eigenvalue weighted by molar-refractivity contribution is 0.259. The molecule has 0 saturated carbocycles. The number of thiazole rings is 1. The largest absolute Gasteiger partial charge is 0.391 e. The molecule has 0 radical (unpaired) electrons. The van der Waals surface area contributed by atoms with E-state index in [1.807, 2.05) is 0 Å². The Morgan fingerprint density at radius 2 is 2.10 bits per heavy atom. The van der Waals surface area contributed by atoms with Gasteiger partial charge in [0, 0.05) is 0 Å². The molecule has 0 aromatic carbocycles. The molecule has 3 nitrogen and oxygen atoms in total. The fourth-order valence-corrected chi connectivity index (χ4v) is 1.19. The van der Waals surface area contributed by atoms with Gasteiger partial charge in [0.2, 0.25) is 0 Å². The minimum Gasteiger partial charge on any atom is -0.391 e. The van der Waals surface area contributed by atoms with E-state index in [1.54, 1.807) is 5.51 Å². The molecule has 0 aliphatic rings. The van der Waals surface area contributed by atoms with Gasteiger partial charge >= 0.3 is 0 Å². The van der Waals surface area contributed by atoms with Gasteiger partial charge in [-0.05, 0) is 0 Å². The summed E-state index contributed by atoms with van der Waals surface area (Å²) in [6.07, 6.45) is 0. The predicted octanol–water partition coefficient (Wildman–Crippen LogP) is 0.549. The molecule has 0 amide bonds. The minimum atomic E-state index is -0.0839. The number of nitrogens with zero attached hydrogens (tertiary/aromatic N) is 1. The van der Waals surface area contributed by atoms with E-state index < -0.39 is 0 Å². The van der Waals surface area contributed by atoms with Crippen LogP contribution in [0.25, 0.3) is 0 Å². The Kier molecular flexibility index (Phi) is 4.55. The first-order valence-corrected chi connectivity index (χ1v) is 3.39. The average Bonchev–Trinajstić information content (AvgIpc) is 2.33. The van der Waals surface area contributed by atoms with Crippen LogP contribution in [0.15, 0.2) is 5.51 Å². The maximum absolute atomic E-state index is 8.60. The van der Waals surface area contributed by atoms with E-state index in [-0.39, 0.29) is 25.6 Å². The number of halogens is 1. The minimum absolute atomic E-state index is 0. The highest BCUT2D eigenvalue weighted by atomic mass is 35.5. The molecule has 0 aliphatic heterocycles. The highest BCUT2D eigenvalue weighted by Gasteiger charge is 2.00. The van der Waals surface area contributed by atoms with Gasteiger partial charge in [-0.1, -0.05) is 0 Å². The normalized spacial score (nSPS) is 9.00. The van der Waals surface area contributed by atoms with Crippen LogP contribution in [0.1, 0.15) is 10.6 Å². The van der Waals surface area contributed by atoms with Gasteiger partial charge in [-0.3, -0.25) is 0 Å². The Morgan fingerprint density at radius 1 is 1.40 bits per heavy atom. The Morgan fingerprint density at radius 3 is 2.50 bits per heavy atom. The number of aromatic nitrogens is 1. The molecule has 2 N–H and O–H groups in total. The smallest absolute Gasteiger partial charge is 0.0865 e. The van der Waals surface area contributed by atoms with Gasteiger partial charge in [-0.2, -0.15) is 0 Å². The lowest BCUT2D eigenvalue weighted by Crippen LogP contribution is -1.88. The van der Waals surface area contributed by atoms with Gasteiger partial charge < -0.3 is 10.2 Å². The van der Waals surface area contributed by atoms with Gasteiger partial charge in [0.25, 0.3) is 0 Å². The van der Waals surface area contributed by atoms with Crippen molar-refractivity contribution in [3.8, 4) is 0 Å². The SMILES string of the molecule is Cl.OCc1ncsc1CO. The van der Waals surface area contributed by atoms with Crippen molar-refractivity contribution < 1.29 is 10.2 Å². The van der Waals surface area contributed by atoms with Gasteiger partial charge in [-0.25, -0.2) is 4.98 Å². The molecule has 0 aliphatic carbocycles. The average molecular weight is 182 g/mol. The third-order valence-corrected chi connectivity index (χ3v) is 1.88. The van der Waals surface area contributed by atoms with E-state index in [1.165, 1.54) is 11.3 Å². The molecule has 1 rings (SSSR count). The van der Waals surface area contributed by atoms with Crippen molar-refractivity contribution in [3.05, 3.63) is 16.1 Å². The third-order valence-electron chi connectivity index (χ3n) is 1.02. The quantitative estimate of drug-likeness (QED) is 0.701. The third kappa shape index (κ3) is 1.91. The highest BCUT2D eigenvalue weighted by molar-refractivity contribution is 7.09. The lowest BCUT2D eigenvalue weighted by Gasteiger charge is -1.90. The van der Waals surface area contributed by atoms with Gasteiger partial charge in [0.05, 0.1) is 29.3 Å². The van der Waals surface area contributed by atoms with E-state index in [2.05, 4.69) is 4.98 Å². The molecule has 1 heterocycles. The zero-order chi connectivity index (χ0) is 6.69. The summed E-state index contributed by atoms with van der Waals surface area (Å²) >= 11 is 1.35. The zero-order valence-corrected chi connectivity index (χ0v) is 6.78. The van der Waals surface area contributed by atoms with Gasteiger partial charge in [0.15, 0.2) is 0 Å². The van der Waals surface area contributed by atoms with E-state index in [9.17, 15) is 0 Å². The second-order valence-electron chi connectivity index (χ2n) is 1.54. The van der Waals surface area contributed by atoms with Gasteiger partial charge in [-0.15, -0.1) is 23.7 Å². The number of aliphatic hydroxyl groups excluding tert-OH is 2. The maximum Gasteiger partial charge on any atom is 0.0865 e. The van der Waals surface area contributed by atoms with Crippen LogP contribution in [0.3, 0.4) is 0 Å². The van der Waals surface area contributed by atoms with Crippen molar-refractivity contribution in [1.82, 2.24) is 4.98 Å². The summed E-state index contributed by atoms with van der Waals surface area (Å²) in [7, 11) is 0. The molecule has 0 atom stereocenters. The summed E-state index contributed by atoms with van der Waals surface area (Å²) in [6.45, 7) is -0.111. The Labute approximate surface area is 68.8 Å². The first kappa shape index (κ1) is 9.84. The van der Waals surface area contributed by atoms with Crippen LogP contribution in [0, 0.1) is 0 Å². The molecule has 0 spiro atoms. The summed E-state index contributed by atoms with van der Waals surface area (Å²) in [5, 5.41) is 17.2. The monoisotopic (exact) mass is 181 g/mol. The van der Waals surface area contributed by atoms with Crippen molar-refractivity contribution in [2.24, 2.45) is 0 Å². The zero-order valence-electron chi connectivity index (χ0n) is 5.15. The van der Waals surface area contributed by atoms with Crippen LogP contribution in [0.2, 0.25) is 0 Å². The molecule has 1 aromatic rings. The van der Waals surface area contributed by atoms with Crippen LogP contribution in [0.5, 0.6) is 0 Å². The summed E-state index contributed by atoms with van der Waals surface area (Å²) in [4.78, 5) is 4.56. The van der Waals surface area contributed by atoms with Crippen LogP contribution >= 0.6 is 23.7 Å². The molecule has 0 saturated heterocycles. The van der Waals surface area contributed by atoms with E-state index in [0.717, 1.165) is 4.88 Å². The topological polar surface area (TPSA) is 53.4 Å². The molecular formula is C5H8ClNO2S. The first-order chi connectivity index (χ1) is 4.38. The van der Waals surface area contributed by atoms with Crippen LogP contribution in [-0.2, 0) is 13.2 Å². The molecule has 1 aromatic heterocycles. The lowest BCUT2D eigenvalue weighted by atomic mass is 10.4. The van der Waals surface area contributed by atoms with Crippen LogP contribution < -0.4 is 0 Å². The van der Waals surface area contributed by atoms with E-state index in [0.29, 0.717) is 5.69 Å². The molecule has 10 heavy (non-hydrogen) atoms. The van der Waals surface area contributed by atoms with E-state index >= 15 is 0 Å². The molecule has 0 bridgehead atoms. The second-order valence-corrected chi connectivity index (χ2v) is 2.48. The first-order valence-electron chi connectivity index (χ1n) is 2.51. The fraction of sp³-hybridized carbons (Fsp3) is 0.400. The summed E-state index contributed by atoms with van der Waals surface area (Å²) in [5.74, 6) is 0. The molecule has 58 valence electrons. The number of hydrogen-bond donors (Lipinski definition) is 2. The molecular weight excluding hydrogens is 174 g/mol. The van der Waals surface area contributed by atoms with Crippen molar-refractivity contribution in [3.63, 3.8) is 0 Å². The standard InChI is InChI=1S/C5H7NO2S.ClH/c7-1-4-5(2-8)9-3-6-4;/h3,7-8H,1-2H2;1H. The maximum atomic E-state index is 8.60. The van der Waals surface area contributed by atoms with Crippen molar-refractivity contribution >= 4 is 23.7 Å². The van der Waals surface area contributed by atoms with E-state index in [4.69, 9.17) is 10.2 Å². The van der Waals surface area contributed by atoms with Crippen LogP contribution in [-0.4, -0.2) is 15.2 Å². The Balaban J connectivity index is 0.000000810.